The van der Waals surface area contributed by atoms with Crippen LogP contribution in [0.4, 0.5) is 4.39 Å². The van der Waals surface area contributed by atoms with Crippen molar-refractivity contribution in [3.8, 4) is 5.75 Å². The second kappa shape index (κ2) is 3.21. The normalized spacial score (nSPS) is 21.7. The lowest BCUT2D eigenvalue weighted by atomic mass is 9.74. The summed E-state index contributed by atoms with van der Waals surface area (Å²) in [6.45, 7) is 0. The number of aryl methyl sites for hydroxylation is 1. The van der Waals surface area contributed by atoms with Crippen molar-refractivity contribution in [3.63, 3.8) is 0 Å². The molecule has 3 rings (SSSR count). The molecule has 0 aromatic heterocycles. The van der Waals surface area contributed by atoms with Crippen LogP contribution in [0.2, 0.25) is 0 Å². The van der Waals surface area contributed by atoms with E-state index in [0.717, 1.165) is 37.0 Å². The average molecular weight is 271 g/mol. The standard InChI is InChI=1S/C12H12BrFO/c13-10-9(14)3-2-8-4-7-12(5-1-6-12)15-11(8)10/h2-3H,1,4-7H2. The molecule has 15 heavy (non-hydrogen) atoms. The van der Waals surface area contributed by atoms with Gasteiger partial charge in [0.05, 0.1) is 4.47 Å². The Morgan fingerprint density at radius 2 is 2.07 bits per heavy atom. The van der Waals surface area contributed by atoms with Crippen molar-refractivity contribution in [2.75, 3.05) is 0 Å². The molecule has 1 fully saturated rings. The number of rotatable bonds is 0. The highest BCUT2D eigenvalue weighted by molar-refractivity contribution is 9.10. The van der Waals surface area contributed by atoms with Crippen LogP contribution in [-0.4, -0.2) is 5.60 Å². The van der Waals surface area contributed by atoms with E-state index in [1.54, 1.807) is 0 Å². The maximum Gasteiger partial charge on any atom is 0.141 e. The van der Waals surface area contributed by atoms with E-state index in [1.165, 1.54) is 12.5 Å². The zero-order valence-corrected chi connectivity index (χ0v) is 9.94. The molecule has 1 heterocycles. The Morgan fingerprint density at radius 3 is 2.73 bits per heavy atom. The average Bonchev–Trinajstić information content (AvgIpc) is 2.21. The zero-order valence-electron chi connectivity index (χ0n) is 8.35. The second-order valence-corrected chi connectivity index (χ2v) is 5.28. The maximum absolute atomic E-state index is 13.4. The van der Waals surface area contributed by atoms with Crippen LogP contribution >= 0.6 is 15.9 Å². The van der Waals surface area contributed by atoms with Gasteiger partial charge in [0.25, 0.3) is 0 Å². The molecule has 0 unspecified atom stereocenters. The molecule has 2 aliphatic rings. The third kappa shape index (κ3) is 1.40. The van der Waals surface area contributed by atoms with Crippen LogP contribution in [-0.2, 0) is 6.42 Å². The predicted molar refractivity (Wildman–Crippen MR) is 59.6 cm³/mol. The Balaban J connectivity index is 2.03. The first-order chi connectivity index (χ1) is 7.20. The van der Waals surface area contributed by atoms with Gasteiger partial charge in [0.15, 0.2) is 0 Å². The van der Waals surface area contributed by atoms with E-state index in [9.17, 15) is 4.39 Å². The van der Waals surface area contributed by atoms with Gasteiger partial charge >= 0.3 is 0 Å². The topological polar surface area (TPSA) is 9.23 Å². The molecule has 3 heteroatoms. The lowest BCUT2D eigenvalue weighted by molar-refractivity contribution is -0.0259. The zero-order chi connectivity index (χ0) is 10.5. The molecule has 1 saturated carbocycles. The Morgan fingerprint density at radius 1 is 1.27 bits per heavy atom. The van der Waals surface area contributed by atoms with Crippen LogP contribution in [0.3, 0.4) is 0 Å². The van der Waals surface area contributed by atoms with Gasteiger partial charge in [0, 0.05) is 0 Å². The minimum Gasteiger partial charge on any atom is -0.486 e. The predicted octanol–water partition coefficient (Wildman–Crippen LogP) is 3.84. The minimum atomic E-state index is -0.231. The molecule has 0 radical (unpaired) electrons. The summed E-state index contributed by atoms with van der Waals surface area (Å²) in [7, 11) is 0. The Bertz CT molecular complexity index is 412. The van der Waals surface area contributed by atoms with E-state index in [1.807, 2.05) is 6.07 Å². The van der Waals surface area contributed by atoms with Gasteiger partial charge in [-0.15, -0.1) is 0 Å². The summed E-state index contributed by atoms with van der Waals surface area (Å²) in [5, 5.41) is 0. The number of halogens is 2. The molecule has 1 spiro atoms. The van der Waals surface area contributed by atoms with Crippen molar-refractivity contribution in [1.82, 2.24) is 0 Å². The molecule has 1 aliphatic heterocycles. The van der Waals surface area contributed by atoms with Gasteiger partial charge in [-0.2, -0.15) is 0 Å². The summed E-state index contributed by atoms with van der Waals surface area (Å²) in [6.07, 6.45) is 5.57. The fourth-order valence-corrected chi connectivity index (χ4v) is 2.90. The van der Waals surface area contributed by atoms with Crippen molar-refractivity contribution < 1.29 is 9.13 Å². The lowest BCUT2D eigenvalue weighted by Crippen LogP contribution is -2.45. The molecule has 1 aliphatic carbocycles. The molecule has 1 aromatic carbocycles. The van der Waals surface area contributed by atoms with Crippen molar-refractivity contribution in [3.05, 3.63) is 28.0 Å². The van der Waals surface area contributed by atoms with E-state index in [4.69, 9.17) is 4.74 Å². The van der Waals surface area contributed by atoms with Gasteiger partial charge < -0.3 is 4.74 Å². The van der Waals surface area contributed by atoms with Gasteiger partial charge in [-0.25, -0.2) is 4.39 Å². The van der Waals surface area contributed by atoms with Crippen molar-refractivity contribution in [2.24, 2.45) is 0 Å². The molecular weight excluding hydrogens is 259 g/mol. The van der Waals surface area contributed by atoms with Gasteiger partial charge in [-0.1, -0.05) is 6.07 Å². The first-order valence-electron chi connectivity index (χ1n) is 5.36. The summed E-state index contributed by atoms with van der Waals surface area (Å²) < 4.78 is 19.8. The molecule has 0 saturated heterocycles. The second-order valence-electron chi connectivity index (χ2n) is 4.49. The van der Waals surface area contributed by atoms with E-state index >= 15 is 0 Å². The Hall–Kier alpha value is -0.570. The van der Waals surface area contributed by atoms with Crippen LogP contribution in [0.25, 0.3) is 0 Å². The molecular formula is C12H12BrFO. The number of fused-ring (bicyclic) bond motifs is 1. The summed E-state index contributed by atoms with van der Waals surface area (Å²) in [4.78, 5) is 0. The highest BCUT2D eigenvalue weighted by Gasteiger charge is 2.42. The number of benzene rings is 1. The van der Waals surface area contributed by atoms with Crippen LogP contribution in [0.5, 0.6) is 5.75 Å². The fourth-order valence-electron chi connectivity index (χ4n) is 2.43. The SMILES string of the molecule is Fc1ccc2c(c1Br)OC1(CCC1)CC2. The minimum absolute atomic E-state index is 0.0311. The Kier molecular flexibility index (Phi) is 2.06. The molecule has 0 atom stereocenters. The number of ether oxygens (including phenoxy) is 1. The third-order valence-corrected chi connectivity index (χ3v) is 4.30. The van der Waals surface area contributed by atoms with E-state index in [0.29, 0.717) is 4.47 Å². The van der Waals surface area contributed by atoms with Gasteiger partial charge in [0.1, 0.15) is 17.2 Å². The smallest absolute Gasteiger partial charge is 0.141 e. The summed E-state index contributed by atoms with van der Waals surface area (Å²) >= 11 is 3.27. The van der Waals surface area contributed by atoms with Crippen LogP contribution in [0, 0.1) is 5.82 Å². The van der Waals surface area contributed by atoms with E-state index in [-0.39, 0.29) is 11.4 Å². The third-order valence-electron chi connectivity index (χ3n) is 3.56. The molecule has 0 bridgehead atoms. The molecule has 1 nitrogen and oxygen atoms in total. The highest BCUT2D eigenvalue weighted by atomic mass is 79.9. The van der Waals surface area contributed by atoms with E-state index < -0.39 is 0 Å². The lowest BCUT2D eigenvalue weighted by Gasteiger charge is -2.45. The largest absolute Gasteiger partial charge is 0.486 e. The van der Waals surface area contributed by atoms with Gasteiger partial charge in [-0.05, 0) is 59.7 Å². The van der Waals surface area contributed by atoms with Crippen LogP contribution in [0.15, 0.2) is 16.6 Å². The molecule has 1 aromatic rings. The fraction of sp³-hybridized carbons (Fsp3) is 0.500. The molecule has 0 N–H and O–H groups in total. The van der Waals surface area contributed by atoms with Gasteiger partial charge in [0.2, 0.25) is 0 Å². The summed E-state index contributed by atoms with van der Waals surface area (Å²) in [5.74, 6) is 0.506. The van der Waals surface area contributed by atoms with Crippen molar-refractivity contribution in [1.29, 1.82) is 0 Å². The van der Waals surface area contributed by atoms with Crippen molar-refractivity contribution in [2.45, 2.75) is 37.7 Å². The first-order valence-corrected chi connectivity index (χ1v) is 6.15. The van der Waals surface area contributed by atoms with Gasteiger partial charge in [-0.3, -0.25) is 0 Å². The summed E-state index contributed by atoms with van der Waals surface area (Å²) in [6, 6.07) is 3.34. The van der Waals surface area contributed by atoms with Crippen molar-refractivity contribution >= 4 is 15.9 Å². The molecule has 0 amide bonds. The molecule has 80 valence electrons. The Labute approximate surface area is 96.8 Å². The number of hydrogen-bond acceptors (Lipinski definition) is 1. The monoisotopic (exact) mass is 270 g/mol. The summed E-state index contributed by atoms with van der Waals surface area (Å²) in [5.41, 5.74) is 1.16. The quantitative estimate of drug-likeness (QED) is 0.696. The maximum atomic E-state index is 13.4. The highest BCUT2D eigenvalue weighted by Crippen LogP contribution is 2.47. The van der Waals surface area contributed by atoms with E-state index in [2.05, 4.69) is 15.9 Å². The van der Waals surface area contributed by atoms with Crippen LogP contribution in [0.1, 0.15) is 31.2 Å². The first kappa shape index (κ1) is 9.64. The number of hydrogen-bond donors (Lipinski definition) is 0. The van der Waals surface area contributed by atoms with Crippen LogP contribution < -0.4 is 4.74 Å².